The number of para-hydroxylation sites is 2. The molecule has 0 unspecified atom stereocenters. The van der Waals surface area contributed by atoms with Gasteiger partial charge in [0.2, 0.25) is 0 Å². The molecule has 2 aromatic heterocycles. The molecule has 0 saturated carbocycles. The number of nitrogens with zero attached hydrogens (tertiary/aromatic N) is 2. The topological polar surface area (TPSA) is 9.86 Å². The molecule has 5 heteroatoms. The number of hydrogen-bond acceptors (Lipinski definition) is 0. The number of rotatable bonds is 4. The molecule has 0 spiro atoms. The second kappa shape index (κ2) is 9.59. The van der Waals surface area contributed by atoms with Crippen molar-refractivity contribution in [3.8, 4) is 0 Å². The molecule has 6 aromatic carbocycles. The van der Waals surface area contributed by atoms with E-state index in [4.69, 9.17) is 0 Å². The summed E-state index contributed by atoms with van der Waals surface area (Å²) in [7, 11) is -3.09. The number of benzene rings is 6. The van der Waals surface area contributed by atoms with Crippen molar-refractivity contribution in [3.63, 3.8) is 0 Å². The minimum atomic E-state index is -3.09. The largest absolute Gasteiger partial charge is 0.342 e. The molecule has 2 nitrogen and oxygen atoms in total. The van der Waals surface area contributed by atoms with Gasteiger partial charge in [-0.15, -0.1) is 0 Å². The van der Waals surface area contributed by atoms with Crippen LogP contribution >= 0.6 is 31.9 Å². The summed E-state index contributed by atoms with van der Waals surface area (Å²) < 4.78 is 7.56. The molecule has 41 heavy (non-hydrogen) atoms. The zero-order valence-electron chi connectivity index (χ0n) is 22.0. The Bertz CT molecular complexity index is 2070. The Morgan fingerprint density at radius 3 is 1.17 bits per heavy atom. The maximum absolute atomic E-state index is 3.77. The molecular weight excluding hydrogens is 648 g/mol. The molecule has 0 aliphatic heterocycles. The highest BCUT2D eigenvalue weighted by Crippen LogP contribution is 2.38. The summed E-state index contributed by atoms with van der Waals surface area (Å²) in [5, 5.41) is 7.67. The van der Waals surface area contributed by atoms with Crippen molar-refractivity contribution in [1.82, 2.24) is 8.47 Å². The minimum Gasteiger partial charge on any atom is -0.342 e. The van der Waals surface area contributed by atoms with Gasteiger partial charge in [0, 0.05) is 52.6 Å². The minimum absolute atomic E-state index is 1.08. The first-order chi connectivity index (χ1) is 20.2. The SMILES string of the molecule is Brc1ccc2c(c1)c1ccccc1n2[Si](c1ccccc1)(c1ccccc1)n1c2ccccc2c2cc(Br)ccc21. The zero-order chi connectivity index (χ0) is 27.6. The van der Waals surface area contributed by atoms with Crippen molar-refractivity contribution in [3.05, 3.63) is 155 Å². The molecule has 8 rings (SSSR count). The molecule has 0 atom stereocenters. The van der Waals surface area contributed by atoms with Crippen LogP contribution in [0.15, 0.2) is 155 Å². The van der Waals surface area contributed by atoms with Gasteiger partial charge in [0.05, 0.1) is 0 Å². The van der Waals surface area contributed by atoms with Crippen molar-refractivity contribution in [2.45, 2.75) is 0 Å². The highest BCUT2D eigenvalue weighted by atomic mass is 79.9. The zero-order valence-corrected chi connectivity index (χ0v) is 26.2. The Kier molecular flexibility index (Phi) is 5.81. The van der Waals surface area contributed by atoms with E-state index in [-0.39, 0.29) is 0 Å². The maximum Gasteiger partial charge on any atom is 0.340 e. The van der Waals surface area contributed by atoms with E-state index in [0.29, 0.717) is 0 Å². The molecule has 0 saturated heterocycles. The van der Waals surface area contributed by atoms with Gasteiger partial charge >= 0.3 is 8.40 Å². The van der Waals surface area contributed by atoms with E-state index in [1.807, 2.05) is 0 Å². The summed E-state index contributed by atoms with van der Waals surface area (Å²) in [5.74, 6) is 0. The average molecular weight is 672 g/mol. The van der Waals surface area contributed by atoms with E-state index < -0.39 is 8.40 Å². The second-order valence-electron chi connectivity index (χ2n) is 10.4. The van der Waals surface area contributed by atoms with Crippen LogP contribution in [0.1, 0.15) is 0 Å². The fraction of sp³-hybridized carbons (Fsp3) is 0. The predicted octanol–water partition coefficient (Wildman–Crippen LogP) is 9.08. The van der Waals surface area contributed by atoms with Crippen LogP contribution < -0.4 is 10.4 Å². The van der Waals surface area contributed by atoms with E-state index >= 15 is 0 Å². The normalized spacial score (nSPS) is 12.1. The summed E-state index contributed by atoms with van der Waals surface area (Å²) in [4.78, 5) is 0. The molecule has 0 aliphatic carbocycles. The summed E-state index contributed by atoms with van der Waals surface area (Å²) in [6.45, 7) is 0. The third kappa shape index (κ3) is 3.59. The monoisotopic (exact) mass is 670 g/mol. The summed E-state index contributed by atoms with van der Waals surface area (Å²) in [6, 6.07) is 53.6. The molecule has 8 aromatic rings. The first-order valence-electron chi connectivity index (χ1n) is 13.7. The molecule has 0 N–H and O–H groups in total. The third-order valence-corrected chi connectivity index (χ3v) is 13.8. The Hall–Kier alpha value is -3.90. The van der Waals surface area contributed by atoms with E-state index in [2.05, 4.69) is 186 Å². The molecule has 0 amide bonds. The molecule has 0 radical (unpaired) electrons. The molecular formula is C36H24Br2N2Si. The van der Waals surface area contributed by atoms with Gasteiger partial charge < -0.3 is 8.47 Å². The maximum atomic E-state index is 3.77. The van der Waals surface area contributed by atoms with Crippen LogP contribution in [0, 0.1) is 0 Å². The highest BCUT2D eigenvalue weighted by molar-refractivity contribution is 9.10. The predicted molar refractivity (Wildman–Crippen MR) is 183 cm³/mol. The van der Waals surface area contributed by atoms with Crippen molar-refractivity contribution < 1.29 is 0 Å². The first kappa shape index (κ1) is 24.9. The van der Waals surface area contributed by atoms with Crippen LogP contribution in [0.25, 0.3) is 43.6 Å². The van der Waals surface area contributed by atoms with Gasteiger partial charge in [-0.2, -0.15) is 0 Å². The van der Waals surface area contributed by atoms with Crippen LogP contribution in [0.5, 0.6) is 0 Å². The van der Waals surface area contributed by atoms with Crippen LogP contribution in [0.4, 0.5) is 0 Å². The smallest absolute Gasteiger partial charge is 0.340 e. The second-order valence-corrected chi connectivity index (χ2v) is 15.7. The Balaban J connectivity index is 1.71. The van der Waals surface area contributed by atoms with Crippen LogP contribution in [-0.2, 0) is 0 Å². The molecule has 0 aliphatic rings. The van der Waals surface area contributed by atoms with Gasteiger partial charge in [-0.1, -0.05) is 129 Å². The lowest BCUT2D eigenvalue weighted by Crippen LogP contribution is -2.69. The lowest BCUT2D eigenvalue weighted by Gasteiger charge is -2.38. The van der Waals surface area contributed by atoms with Gasteiger partial charge in [-0.3, -0.25) is 0 Å². The fourth-order valence-electron chi connectivity index (χ4n) is 6.71. The van der Waals surface area contributed by atoms with Gasteiger partial charge in [-0.25, -0.2) is 0 Å². The average Bonchev–Trinajstić information content (AvgIpc) is 3.52. The van der Waals surface area contributed by atoms with E-state index in [0.717, 1.165) is 8.95 Å². The first-order valence-corrected chi connectivity index (χ1v) is 17.2. The quantitative estimate of drug-likeness (QED) is 0.165. The van der Waals surface area contributed by atoms with Gasteiger partial charge in [0.1, 0.15) is 0 Å². The lowest BCUT2D eigenvalue weighted by molar-refractivity contribution is 1.15. The van der Waals surface area contributed by atoms with Gasteiger partial charge in [0.15, 0.2) is 0 Å². The van der Waals surface area contributed by atoms with Crippen LogP contribution in [0.2, 0.25) is 0 Å². The standard InChI is InChI=1S/C36H24Br2N2Si/c37-25-19-21-35-31(23-25)29-15-7-9-17-33(29)39(35)41(27-11-3-1-4-12-27,28-13-5-2-6-14-28)40-34-18-10-8-16-30(34)32-24-26(38)20-22-36(32)40/h1-24H. The van der Waals surface area contributed by atoms with Crippen LogP contribution in [-0.4, -0.2) is 16.9 Å². The van der Waals surface area contributed by atoms with E-state index in [1.54, 1.807) is 0 Å². The third-order valence-electron chi connectivity index (χ3n) is 8.27. The van der Waals surface area contributed by atoms with Crippen molar-refractivity contribution in [1.29, 1.82) is 0 Å². The van der Waals surface area contributed by atoms with Gasteiger partial charge in [-0.05, 0) is 58.9 Å². The van der Waals surface area contributed by atoms with Gasteiger partial charge in [0.25, 0.3) is 0 Å². The summed E-state index contributed by atoms with van der Waals surface area (Å²) in [5.41, 5.74) is 4.94. The Morgan fingerprint density at radius 2 is 0.732 bits per heavy atom. The summed E-state index contributed by atoms with van der Waals surface area (Å²) >= 11 is 7.54. The number of aromatic nitrogens is 2. The van der Waals surface area contributed by atoms with Crippen molar-refractivity contribution >= 4 is 94.2 Å². The number of hydrogen-bond donors (Lipinski definition) is 0. The molecule has 0 fully saturated rings. The van der Waals surface area contributed by atoms with Crippen molar-refractivity contribution in [2.75, 3.05) is 0 Å². The highest BCUT2D eigenvalue weighted by Gasteiger charge is 2.47. The Labute approximate surface area is 255 Å². The summed E-state index contributed by atoms with van der Waals surface area (Å²) in [6.07, 6.45) is 0. The van der Waals surface area contributed by atoms with E-state index in [9.17, 15) is 0 Å². The number of halogens is 2. The van der Waals surface area contributed by atoms with Crippen LogP contribution in [0.3, 0.4) is 0 Å². The molecule has 0 bridgehead atoms. The Morgan fingerprint density at radius 1 is 0.366 bits per heavy atom. The molecule has 196 valence electrons. The lowest BCUT2D eigenvalue weighted by atomic mass is 10.2. The fourth-order valence-corrected chi connectivity index (χ4v) is 12.5. The van der Waals surface area contributed by atoms with E-state index in [1.165, 1.54) is 54.0 Å². The van der Waals surface area contributed by atoms with Crippen molar-refractivity contribution in [2.24, 2.45) is 0 Å². The number of fused-ring (bicyclic) bond motifs is 6. The molecule has 2 heterocycles.